The van der Waals surface area contributed by atoms with E-state index < -0.39 is 0 Å². The first-order chi connectivity index (χ1) is 13.1. The van der Waals surface area contributed by atoms with Gasteiger partial charge in [-0.2, -0.15) is 0 Å². The molecule has 1 aromatic heterocycles. The summed E-state index contributed by atoms with van der Waals surface area (Å²) in [6.45, 7) is 11.2. The monoisotopic (exact) mass is 379 g/mol. The highest BCUT2D eigenvalue weighted by atomic mass is 32.2. The Kier molecular flexibility index (Phi) is 6.35. The second kappa shape index (κ2) is 8.91. The van der Waals surface area contributed by atoms with Gasteiger partial charge in [-0.1, -0.05) is 54.2 Å². The third-order valence-corrected chi connectivity index (χ3v) is 5.44. The van der Waals surface area contributed by atoms with Crippen LogP contribution >= 0.6 is 11.8 Å². The number of nitrogens with zero attached hydrogens (tertiary/aromatic N) is 3. The predicted octanol–water partition coefficient (Wildman–Crippen LogP) is 5.26. The molecule has 1 heterocycles. The highest BCUT2D eigenvalue weighted by Gasteiger charge is 2.13. The standard InChI is InChI=1S/C22H25N3OS/c1-5-12-25-21(14-26-20-13-16(2)10-11-18(20)4)23-24-22(25)27-15-19-9-7-6-8-17(19)3/h5-11,13H,1,12,14-15H2,2-4H3. The van der Waals surface area contributed by atoms with Crippen LogP contribution in [-0.4, -0.2) is 14.8 Å². The molecule has 0 aliphatic rings. The summed E-state index contributed by atoms with van der Waals surface area (Å²) in [5, 5.41) is 9.62. The van der Waals surface area contributed by atoms with Crippen molar-refractivity contribution < 1.29 is 4.74 Å². The van der Waals surface area contributed by atoms with Crippen molar-refractivity contribution in [3.8, 4) is 5.75 Å². The van der Waals surface area contributed by atoms with Gasteiger partial charge in [0, 0.05) is 12.3 Å². The highest BCUT2D eigenvalue weighted by molar-refractivity contribution is 7.98. The van der Waals surface area contributed by atoms with Gasteiger partial charge in [0.2, 0.25) is 0 Å². The maximum absolute atomic E-state index is 6.02. The number of allylic oxidation sites excluding steroid dienone is 1. The van der Waals surface area contributed by atoms with E-state index >= 15 is 0 Å². The maximum atomic E-state index is 6.02. The van der Waals surface area contributed by atoms with Crippen LogP contribution in [-0.2, 0) is 18.9 Å². The highest BCUT2D eigenvalue weighted by Crippen LogP contribution is 2.25. The fourth-order valence-corrected chi connectivity index (χ4v) is 3.81. The van der Waals surface area contributed by atoms with E-state index in [1.54, 1.807) is 11.8 Å². The minimum absolute atomic E-state index is 0.385. The first kappa shape index (κ1) is 19.2. The SMILES string of the molecule is C=CCn1c(COc2cc(C)ccc2C)nnc1SCc1ccccc1C. The molecular formula is C22H25N3OS. The van der Waals surface area contributed by atoms with Crippen LogP contribution in [0.5, 0.6) is 5.75 Å². The number of aryl methyl sites for hydroxylation is 3. The normalized spacial score (nSPS) is 10.8. The van der Waals surface area contributed by atoms with Crippen LogP contribution in [0.2, 0.25) is 0 Å². The Morgan fingerprint density at radius 3 is 2.67 bits per heavy atom. The first-order valence-corrected chi connectivity index (χ1v) is 9.97. The van der Waals surface area contributed by atoms with Gasteiger partial charge >= 0.3 is 0 Å². The van der Waals surface area contributed by atoms with E-state index in [1.165, 1.54) is 16.7 Å². The topological polar surface area (TPSA) is 39.9 Å². The summed E-state index contributed by atoms with van der Waals surface area (Å²) in [6, 6.07) is 14.6. The van der Waals surface area contributed by atoms with Crippen LogP contribution in [0, 0.1) is 20.8 Å². The number of hydrogen-bond donors (Lipinski definition) is 0. The smallest absolute Gasteiger partial charge is 0.191 e. The average Bonchev–Trinajstić information content (AvgIpc) is 3.04. The lowest BCUT2D eigenvalue weighted by molar-refractivity contribution is 0.287. The van der Waals surface area contributed by atoms with E-state index in [0.717, 1.165) is 28.0 Å². The van der Waals surface area contributed by atoms with Gasteiger partial charge in [-0.05, 0) is 49.1 Å². The summed E-state index contributed by atoms with van der Waals surface area (Å²) in [5.41, 5.74) is 4.89. The molecule has 0 bridgehead atoms. The second-order valence-electron chi connectivity index (χ2n) is 6.57. The molecule has 0 unspecified atom stereocenters. The van der Waals surface area contributed by atoms with Gasteiger partial charge in [0.05, 0.1) is 0 Å². The fourth-order valence-electron chi connectivity index (χ4n) is 2.76. The molecule has 0 saturated carbocycles. The molecule has 3 aromatic rings. The summed E-state index contributed by atoms with van der Waals surface area (Å²) in [4.78, 5) is 0. The number of aromatic nitrogens is 3. The number of hydrogen-bond acceptors (Lipinski definition) is 4. The minimum Gasteiger partial charge on any atom is -0.485 e. The van der Waals surface area contributed by atoms with Crippen molar-refractivity contribution in [3.63, 3.8) is 0 Å². The van der Waals surface area contributed by atoms with E-state index in [9.17, 15) is 0 Å². The van der Waals surface area contributed by atoms with Crippen molar-refractivity contribution in [1.82, 2.24) is 14.8 Å². The first-order valence-electron chi connectivity index (χ1n) is 8.99. The summed E-state index contributed by atoms with van der Waals surface area (Å²) in [5.74, 6) is 2.56. The fraction of sp³-hybridized carbons (Fsp3) is 0.273. The van der Waals surface area contributed by atoms with Crippen LogP contribution in [0.4, 0.5) is 0 Å². The summed E-state index contributed by atoms with van der Waals surface area (Å²) in [6.07, 6.45) is 1.86. The molecule has 0 saturated heterocycles. The molecule has 0 radical (unpaired) electrons. The largest absolute Gasteiger partial charge is 0.485 e. The van der Waals surface area contributed by atoms with Gasteiger partial charge in [0.15, 0.2) is 11.0 Å². The van der Waals surface area contributed by atoms with Crippen molar-refractivity contribution in [2.45, 2.75) is 44.8 Å². The molecule has 3 rings (SSSR count). The Hall–Kier alpha value is -2.53. The van der Waals surface area contributed by atoms with Gasteiger partial charge in [0.25, 0.3) is 0 Å². The maximum Gasteiger partial charge on any atom is 0.191 e. The lowest BCUT2D eigenvalue weighted by Gasteiger charge is -2.11. The molecule has 140 valence electrons. The minimum atomic E-state index is 0.385. The zero-order chi connectivity index (χ0) is 19.2. The zero-order valence-corrected chi connectivity index (χ0v) is 16.9. The molecule has 0 aliphatic heterocycles. The van der Waals surface area contributed by atoms with Crippen LogP contribution in [0.25, 0.3) is 0 Å². The molecule has 5 heteroatoms. The third kappa shape index (κ3) is 4.80. The lowest BCUT2D eigenvalue weighted by Crippen LogP contribution is -2.08. The molecular weight excluding hydrogens is 354 g/mol. The molecule has 0 aliphatic carbocycles. The molecule has 0 fully saturated rings. The number of rotatable bonds is 8. The summed E-state index contributed by atoms with van der Waals surface area (Å²) in [7, 11) is 0. The molecule has 0 N–H and O–H groups in total. The van der Waals surface area contributed by atoms with E-state index in [4.69, 9.17) is 4.74 Å². The summed E-state index contributed by atoms with van der Waals surface area (Å²) < 4.78 is 8.09. The number of thioether (sulfide) groups is 1. The van der Waals surface area contributed by atoms with Gasteiger partial charge in [0.1, 0.15) is 12.4 Å². The average molecular weight is 380 g/mol. The quantitative estimate of drug-likeness (QED) is 0.395. The van der Waals surface area contributed by atoms with Gasteiger partial charge in [-0.3, -0.25) is 4.57 Å². The number of ether oxygens (including phenoxy) is 1. The molecule has 2 aromatic carbocycles. The van der Waals surface area contributed by atoms with E-state index in [0.29, 0.717) is 13.2 Å². The Bertz CT molecular complexity index is 933. The van der Waals surface area contributed by atoms with Crippen molar-refractivity contribution in [2.75, 3.05) is 0 Å². The Labute approximate surface area is 165 Å². The Balaban J connectivity index is 1.73. The van der Waals surface area contributed by atoms with Crippen LogP contribution in [0.3, 0.4) is 0 Å². The van der Waals surface area contributed by atoms with Crippen molar-refractivity contribution >= 4 is 11.8 Å². The summed E-state index contributed by atoms with van der Waals surface area (Å²) >= 11 is 1.69. The number of benzene rings is 2. The van der Waals surface area contributed by atoms with Crippen LogP contribution in [0.1, 0.15) is 28.1 Å². The Morgan fingerprint density at radius 2 is 1.89 bits per heavy atom. The predicted molar refractivity (Wildman–Crippen MR) is 111 cm³/mol. The Morgan fingerprint density at radius 1 is 1.07 bits per heavy atom. The van der Waals surface area contributed by atoms with Crippen molar-refractivity contribution in [2.24, 2.45) is 0 Å². The second-order valence-corrected chi connectivity index (χ2v) is 7.51. The van der Waals surface area contributed by atoms with Gasteiger partial charge in [-0.25, -0.2) is 0 Å². The van der Waals surface area contributed by atoms with Crippen LogP contribution in [0.15, 0.2) is 60.3 Å². The van der Waals surface area contributed by atoms with Gasteiger partial charge < -0.3 is 4.74 Å². The van der Waals surface area contributed by atoms with E-state index in [2.05, 4.69) is 77.7 Å². The van der Waals surface area contributed by atoms with Gasteiger partial charge in [-0.15, -0.1) is 16.8 Å². The lowest BCUT2D eigenvalue weighted by atomic mass is 10.1. The molecule has 4 nitrogen and oxygen atoms in total. The van der Waals surface area contributed by atoms with Crippen molar-refractivity contribution in [3.05, 3.63) is 83.2 Å². The molecule has 0 atom stereocenters. The molecule has 0 amide bonds. The third-order valence-electron chi connectivity index (χ3n) is 4.42. The van der Waals surface area contributed by atoms with Crippen molar-refractivity contribution in [1.29, 1.82) is 0 Å². The zero-order valence-electron chi connectivity index (χ0n) is 16.1. The molecule has 27 heavy (non-hydrogen) atoms. The van der Waals surface area contributed by atoms with E-state index in [-0.39, 0.29) is 0 Å². The van der Waals surface area contributed by atoms with Crippen LogP contribution < -0.4 is 4.74 Å². The molecule has 0 spiro atoms. The van der Waals surface area contributed by atoms with E-state index in [1.807, 2.05) is 13.0 Å².